The molecule has 0 spiro atoms. The molecule has 0 radical (unpaired) electrons. The van der Waals surface area contributed by atoms with Crippen molar-refractivity contribution in [3.8, 4) is 0 Å². The minimum Gasteiger partial charge on any atom is -0.0544 e. The van der Waals surface area contributed by atoms with E-state index in [1.807, 2.05) is 24.3 Å². The van der Waals surface area contributed by atoms with Gasteiger partial charge in [0.25, 0.3) is 0 Å². The average Bonchev–Trinajstić information content (AvgIpc) is 2.64. The van der Waals surface area contributed by atoms with Gasteiger partial charge in [-0.05, 0) is 58.7 Å². The summed E-state index contributed by atoms with van der Waals surface area (Å²) in [5.74, 6) is 0. The van der Waals surface area contributed by atoms with Crippen LogP contribution in [0.25, 0.3) is 24.3 Å². The molecule has 3 aromatic carbocycles. The highest BCUT2D eigenvalue weighted by molar-refractivity contribution is 9.11. The van der Waals surface area contributed by atoms with Crippen LogP contribution in [0.1, 0.15) is 22.3 Å². The number of benzene rings is 3. The number of hydrogen-bond donors (Lipinski definition) is 0. The zero-order valence-electron chi connectivity index (χ0n) is 13.6. The van der Waals surface area contributed by atoms with Gasteiger partial charge >= 0.3 is 0 Å². The molecule has 0 amide bonds. The van der Waals surface area contributed by atoms with Gasteiger partial charge in [0.15, 0.2) is 0 Å². The second-order valence-electron chi connectivity index (χ2n) is 5.67. The summed E-state index contributed by atoms with van der Waals surface area (Å²) >= 11 is 14.2. The first-order valence-corrected chi connectivity index (χ1v) is 11.0. The van der Waals surface area contributed by atoms with Crippen molar-refractivity contribution >= 4 is 88.0 Å². The van der Waals surface area contributed by atoms with Crippen molar-refractivity contribution in [3.05, 3.63) is 101 Å². The van der Waals surface area contributed by atoms with Crippen LogP contribution in [0.2, 0.25) is 0 Å². The van der Waals surface area contributed by atoms with Gasteiger partial charge in [-0.25, -0.2) is 0 Å². The minimum absolute atomic E-state index is 1.07. The lowest BCUT2D eigenvalue weighted by molar-refractivity contribution is 1.56. The third kappa shape index (κ3) is 5.53. The van der Waals surface area contributed by atoms with E-state index in [2.05, 4.69) is 124 Å². The molecule has 3 rings (SSSR count). The van der Waals surface area contributed by atoms with Crippen molar-refractivity contribution < 1.29 is 0 Å². The van der Waals surface area contributed by atoms with E-state index in [4.69, 9.17) is 0 Å². The van der Waals surface area contributed by atoms with Crippen LogP contribution >= 0.6 is 63.7 Å². The van der Waals surface area contributed by atoms with Crippen LogP contribution in [-0.2, 0) is 0 Å². The van der Waals surface area contributed by atoms with E-state index < -0.39 is 0 Å². The highest BCUT2D eigenvalue weighted by Gasteiger charge is 1.98. The monoisotopic (exact) mass is 594 g/mol. The molecule has 0 aliphatic heterocycles. The SMILES string of the molecule is Brc1ccc(Br)c(/C=C/c2ccc(/C=C/c3cc(Br)ccc3Br)cc2)c1. The number of rotatable bonds is 4. The van der Waals surface area contributed by atoms with E-state index >= 15 is 0 Å². The summed E-state index contributed by atoms with van der Waals surface area (Å²) in [4.78, 5) is 0. The molecule has 0 N–H and O–H groups in total. The second kappa shape index (κ2) is 9.32. The van der Waals surface area contributed by atoms with Crippen LogP contribution < -0.4 is 0 Å². The van der Waals surface area contributed by atoms with Crippen LogP contribution in [0.5, 0.6) is 0 Å². The minimum atomic E-state index is 1.07. The molecule has 0 nitrogen and oxygen atoms in total. The van der Waals surface area contributed by atoms with E-state index in [1.54, 1.807) is 0 Å². The third-order valence-electron chi connectivity index (χ3n) is 3.76. The van der Waals surface area contributed by atoms with Gasteiger partial charge in [-0.3, -0.25) is 0 Å². The van der Waals surface area contributed by atoms with Gasteiger partial charge in [0, 0.05) is 17.9 Å². The molecule has 4 heteroatoms. The van der Waals surface area contributed by atoms with Crippen LogP contribution in [0, 0.1) is 0 Å². The number of hydrogen-bond acceptors (Lipinski definition) is 0. The summed E-state index contributed by atoms with van der Waals surface area (Å²) in [6.45, 7) is 0. The molecule has 0 aliphatic carbocycles. The summed E-state index contributed by atoms with van der Waals surface area (Å²) in [5.41, 5.74) is 4.61. The Labute approximate surface area is 187 Å². The smallest absolute Gasteiger partial charge is 0.0248 e. The van der Waals surface area contributed by atoms with Crippen molar-refractivity contribution in [1.29, 1.82) is 0 Å². The molecule has 0 fully saturated rings. The topological polar surface area (TPSA) is 0 Å². The molecule has 0 saturated carbocycles. The van der Waals surface area contributed by atoms with E-state index in [0.29, 0.717) is 0 Å². The average molecular weight is 598 g/mol. The first-order chi connectivity index (χ1) is 12.5. The quantitative estimate of drug-likeness (QED) is 0.263. The maximum absolute atomic E-state index is 3.58. The van der Waals surface area contributed by atoms with Gasteiger partial charge in [-0.15, -0.1) is 0 Å². The van der Waals surface area contributed by atoms with Crippen LogP contribution in [-0.4, -0.2) is 0 Å². The van der Waals surface area contributed by atoms with Gasteiger partial charge in [0.1, 0.15) is 0 Å². The Morgan fingerprint density at radius 2 is 0.846 bits per heavy atom. The maximum Gasteiger partial charge on any atom is 0.0248 e. The van der Waals surface area contributed by atoms with E-state index in [1.165, 1.54) is 0 Å². The van der Waals surface area contributed by atoms with Crippen LogP contribution in [0.4, 0.5) is 0 Å². The van der Waals surface area contributed by atoms with Gasteiger partial charge < -0.3 is 0 Å². The van der Waals surface area contributed by atoms with Gasteiger partial charge in [-0.1, -0.05) is 112 Å². The van der Waals surface area contributed by atoms with Crippen molar-refractivity contribution in [2.45, 2.75) is 0 Å². The second-order valence-corrected chi connectivity index (χ2v) is 9.21. The summed E-state index contributed by atoms with van der Waals surface area (Å²) in [5, 5.41) is 0. The molecule has 0 atom stereocenters. The summed E-state index contributed by atoms with van der Waals surface area (Å²) in [6, 6.07) is 20.8. The largest absolute Gasteiger partial charge is 0.0544 e. The Bertz CT molecular complexity index is 889. The van der Waals surface area contributed by atoms with Gasteiger partial charge in [-0.2, -0.15) is 0 Å². The summed E-state index contributed by atoms with van der Waals surface area (Å²) in [7, 11) is 0. The Morgan fingerprint density at radius 1 is 0.462 bits per heavy atom. The van der Waals surface area contributed by atoms with Crippen LogP contribution in [0.3, 0.4) is 0 Å². The third-order valence-corrected chi connectivity index (χ3v) is 6.19. The van der Waals surface area contributed by atoms with Gasteiger partial charge in [0.2, 0.25) is 0 Å². The lowest BCUT2D eigenvalue weighted by atomic mass is 10.1. The molecule has 0 bridgehead atoms. The zero-order chi connectivity index (χ0) is 18.5. The zero-order valence-corrected chi connectivity index (χ0v) is 19.9. The van der Waals surface area contributed by atoms with E-state index in [-0.39, 0.29) is 0 Å². The normalized spacial score (nSPS) is 11.5. The fourth-order valence-corrected chi connectivity index (χ4v) is 3.89. The first kappa shape index (κ1) is 19.8. The van der Waals surface area contributed by atoms with E-state index in [9.17, 15) is 0 Å². The molecular weight excluding hydrogens is 584 g/mol. The molecule has 0 unspecified atom stereocenters. The molecule has 0 aromatic heterocycles. The molecule has 3 aromatic rings. The van der Waals surface area contributed by atoms with Gasteiger partial charge in [0.05, 0.1) is 0 Å². The Balaban J connectivity index is 1.74. The lowest BCUT2D eigenvalue weighted by Gasteiger charge is -2.01. The van der Waals surface area contributed by atoms with E-state index in [0.717, 1.165) is 40.1 Å². The molecular formula is C22H14Br4. The first-order valence-electron chi connectivity index (χ1n) is 7.87. The highest BCUT2D eigenvalue weighted by Crippen LogP contribution is 2.25. The Morgan fingerprint density at radius 3 is 1.23 bits per heavy atom. The lowest BCUT2D eigenvalue weighted by Crippen LogP contribution is -1.78. The molecule has 0 heterocycles. The number of halogens is 4. The van der Waals surface area contributed by atoms with Crippen molar-refractivity contribution in [3.63, 3.8) is 0 Å². The predicted octanol–water partition coefficient (Wildman–Crippen LogP) is 9.08. The molecule has 130 valence electrons. The standard InChI is InChI=1S/C22H14Br4/c23-19-9-11-21(25)17(13-19)7-5-15-1-2-16(4-3-15)6-8-18-14-20(24)10-12-22(18)26/h1-14H/b7-5+,8-6+. The molecule has 26 heavy (non-hydrogen) atoms. The Kier molecular flexibility index (Phi) is 7.10. The Hall–Kier alpha value is -0.940. The maximum atomic E-state index is 3.58. The fourth-order valence-electron chi connectivity index (χ4n) is 2.37. The molecule has 0 saturated heterocycles. The van der Waals surface area contributed by atoms with Crippen LogP contribution in [0.15, 0.2) is 78.6 Å². The van der Waals surface area contributed by atoms with Crippen molar-refractivity contribution in [2.24, 2.45) is 0 Å². The molecule has 0 aliphatic rings. The van der Waals surface area contributed by atoms with Crippen molar-refractivity contribution in [1.82, 2.24) is 0 Å². The predicted molar refractivity (Wildman–Crippen MR) is 128 cm³/mol. The van der Waals surface area contributed by atoms with Crippen molar-refractivity contribution in [2.75, 3.05) is 0 Å². The summed E-state index contributed by atoms with van der Waals surface area (Å²) in [6.07, 6.45) is 8.45. The highest BCUT2D eigenvalue weighted by atomic mass is 79.9. The fraction of sp³-hybridized carbons (Fsp3) is 0. The summed E-state index contributed by atoms with van der Waals surface area (Å²) < 4.78 is 4.30.